The highest BCUT2D eigenvalue weighted by atomic mass is 16.4. The third-order valence-electron chi connectivity index (χ3n) is 4.53. The van der Waals surface area contributed by atoms with Gasteiger partial charge in [0.25, 0.3) is 0 Å². The van der Waals surface area contributed by atoms with Crippen LogP contribution in [0.3, 0.4) is 0 Å². The molecule has 3 rings (SSSR count). The van der Waals surface area contributed by atoms with Crippen molar-refractivity contribution >= 4 is 5.97 Å². The SMILES string of the molecule is CC1(c2c(C(=O)O)cnn2-c2ccccc2)CCCCC1. The lowest BCUT2D eigenvalue weighted by atomic mass is 9.72. The summed E-state index contributed by atoms with van der Waals surface area (Å²) in [5.74, 6) is -0.890. The zero-order valence-corrected chi connectivity index (χ0v) is 12.2. The summed E-state index contributed by atoms with van der Waals surface area (Å²) in [5, 5.41) is 13.9. The predicted octanol–water partition coefficient (Wildman–Crippen LogP) is 3.79. The second kappa shape index (κ2) is 5.35. The van der Waals surface area contributed by atoms with Crippen LogP contribution in [-0.2, 0) is 5.41 Å². The molecule has 1 saturated carbocycles. The van der Waals surface area contributed by atoms with Gasteiger partial charge in [0, 0.05) is 5.41 Å². The molecular formula is C17H20N2O2. The van der Waals surface area contributed by atoms with E-state index in [0.717, 1.165) is 37.1 Å². The van der Waals surface area contributed by atoms with E-state index in [2.05, 4.69) is 12.0 Å². The zero-order valence-electron chi connectivity index (χ0n) is 12.2. The molecule has 1 fully saturated rings. The maximum Gasteiger partial charge on any atom is 0.339 e. The zero-order chi connectivity index (χ0) is 14.9. The van der Waals surface area contributed by atoms with Gasteiger partial charge in [0.1, 0.15) is 5.56 Å². The summed E-state index contributed by atoms with van der Waals surface area (Å²) in [4.78, 5) is 11.6. The molecule has 0 bridgehead atoms. The van der Waals surface area contributed by atoms with Crippen LogP contribution in [0.15, 0.2) is 36.5 Å². The van der Waals surface area contributed by atoms with E-state index in [4.69, 9.17) is 0 Å². The first-order valence-electron chi connectivity index (χ1n) is 7.49. The Morgan fingerprint density at radius 1 is 1.19 bits per heavy atom. The summed E-state index contributed by atoms with van der Waals surface area (Å²) in [6.45, 7) is 2.18. The van der Waals surface area contributed by atoms with Crippen molar-refractivity contribution in [3.63, 3.8) is 0 Å². The number of rotatable bonds is 3. The van der Waals surface area contributed by atoms with Crippen molar-refractivity contribution < 1.29 is 9.90 Å². The number of para-hydroxylation sites is 1. The minimum Gasteiger partial charge on any atom is -0.478 e. The topological polar surface area (TPSA) is 55.1 Å². The lowest BCUT2D eigenvalue weighted by Crippen LogP contribution is -2.30. The molecule has 0 amide bonds. The molecule has 1 aromatic carbocycles. The molecule has 4 nitrogen and oxygen atoms in total. The van der Waals surface area contributed by atoms with Gasteiger partial charge >= 0.3 is 5.97 Å². The normalized spacial score (nSPS) is 17.6. The molecule has 2 aromatic rings. The molecule has 0 atom stereocenters. The molecule has 0 spiro atoms. The first kappa shape index (κ1) is 13.9. The molecule has 0 unspecified atom stereocenters. The number of carboxylic acid groups (broad SMARTS) is 1. The fraction of sp³-hybridized carbons (Fsp3) is 0.412. The fourth-order valence-corrected chi connectivity index (χ4v) is 3.42. The lowest BCUT2D eigenvalue weighted by molar-refractivity contribution is 0.0692. The van der Waals surface area contributed by atoms with Gasteiger partial charge in [0.05, 0.1) is 17.6 Å². The average Bonchev–Trinajstić information content (AvgIpc) is 2.95. The fourth-order valence-electron chi connectivity index (χ4n) is 3.42. The maximum absolute atomic E-state index is 11.6. The Kier molecular flexibility index (Phi) is 3.53. The first-order valence-corrected chi connectivity index (χ1v) is 7.49. The Bertz CT molecular complexity index is 640. The molecule has 1 aliphatic carbocycles. The molecule has 1 aliphatic rings. The van der Waals surface area contributed by atoms with Crippen molar-refractivity contribution in [1.29, 1.82) is 0 Å². The van der Waals surface area contributed by atoms with Crippen LogP contribution in [0.5, 0.6) is 0 Å². The van der Waals surface area contributed by atoms with E-state index in [1.807, 2.05) is 35.0 Å². The van der Waals surface area contributed by atoms with Gasteiger partial charge in [-0.15, -0.1) is 0 Å². The average molecular weight is 284 g/mol. The smallest absolute Gasteiger partial charge is 0.339 e. The van der Waals surface area contributed by atoms with Gasteiger partial charge in [-0.1, -0.05) is 44.4 Å². The van der Waals surface area contributed by atoms with Gasteiger partial charge in [0.15, 0.2) is 0 Å². The Labute approximate surface area is 124 Å². The van der Waals surface area contributed by atoms with Crippen molar-refractivity contribution in [2.45, 2.75) is 44.4 Å². The van der Waals surface area contributed by atoms with Crippen LogP contribution in [0, 0.1) is 0 Å². The van der Waals surface area contributed by atoms with Crippen LogP contribution in [0.1, 0.15) is 55.1 Å². The number of hydrogen-bond donors (Lipinski definition) is 1. The van der Waals surface area contributed by atoms with Gasteiger partial charge in [0.2, 0.25) is 0 Å². The third-order valence-corrected chi connectivity index (χ3v) is 4.53. The summed E-state index contributed by atoms with van der Waals surface area (Å²) in [5.41, 5.74) is 1.99. The summed E-state index contributed by atoms with van der Waals surface area (Å²) in [6, 6.07) is 9.78. The second-order valence-corrected chi connectivity index (χ2v) is 6.08. The number of hydrogen-bond acceptors (Lipinski definition) is 2. The molecule has 21 heavy (non-hydrogen) atoms. The largest absolute Gasteiger partial charge is 0.478 e. The van der Waals surface area contributed by atoms with Gasteiger partial charge in [-0.05, 0) is 25.0 Å². The Balaban J connectivity index is 2.16. The van der Waals surface area contributed by atoms with Gasteiger partial charge in [-0.3, -0.25) is 0 Å². The molecule has 0 saturated heterocycles. The number of aromatic nitrogens is 2. The monoisotopic (exact) mass is 284 g/mol. The minimum absolute atomic E-state index is 0.113. The quantitative estimate of drug-likeness (QED) is 0.932. The van der Waals surface area contributed by atoms with E-state index in [0.29, 0.717) is 5.56 Å². The van der Waals surface area contributed by atoms with Crippen LogP contribution in [0.4, 0.5) is 0 Å². The van der Waals surface area contributed by atoms with E-state index < -0.39 is 5.97 Å². The van der Waals surface area contributed by atoms with E-state index in [1.165, 1.54) is 12.6 Å². The van der Waals surface area contributed by atoms with Crippen molar-refractivity contribution in [2.24, 2.45) is 0 Å². The van der Waals surface area contributed by atoms with Crippen molar-refractivity contribution in [3.8, 4) is 5.69 Å². The highest BCUT2D eigenvalue weighted by Crippen LogP contribution is 2.41. The first-order chi connectivity index (χ1) is 10.1. The predicted molar refractivity (Wildman–Crippen MR) is 81.0 cm³/mol. The molecule has 0 radical (unpaired) electrons. The number of carbonyl (C=O) groups is 1. The van der Waals surface area contributed by atoms with Crippen LogP contribution >= 0.6 is 0 Å². The molecule has 0 aliphatic heterocycles. The molecule has 1 heterocycles. The van der Waals surface area contributed by atoms with E-state index in [1.54, 1.807) is 0 Å². The van der Waals surface area contributed by atoms with Crippen molar-refractivity contribution in [2.75, 3.05) is 0 Å². The van der Waals surface area contributed by atoms with E-state index in [-0.39, 0.29) is 5.41 Å². The van der Waals surface area contributed by atoms with Gasteiger partial charge in [-0.25, -0.2) is 9.48 Å². The second-order valence-electron chi connectivity index (χ2n) is 6.08. The number of benzene rings is 1. The molecule has 4 heteroatoms. The third kappa shape index (κ3) is 2.46. The van der Waals surface area contributed by atoms with Crippen LogP contribution in [0.2, 0.25) is 0 Å². The summed E-state index contributed by atoms with van der Waals surface area (Å²) in [7, 11) is 0. The van der Waals surface area contributed by atoms with Crippen LogP contribution in [0.25, 0.3) is 5.69 Å². The Hall–Kier alpha value is -2.10. The molecular weight excluding hydrogens is 264 g/mol. The van der Waals surface area contributed by atoms with E-state index >= 15 is 0 Å². The molecule has 1 N–H and O–H groups in total. The number of carboxylic acids is 1. The van der Waals surface area contributed by atoms with Crippen molar-refractivity contribution in [1.82, 2.24) is 9.78 Å². The number of nitrogens with zero attached hydrogens (tertiary/aromatic N) is 2. The minimum atomic E-state index is -0.890. The summed E-state index contributed by atoms with van der Waals surface area (Å²) >= 11 is 0. The summed E-state index contributed by atoms with van der Waals surface area (Å²) in [6.07, 6.45) is 7.06. The Morgan fingerprint density at radius 3 is 2.48 bits per heavy atom. The van der Waals surface area contributed by atoms with Crippen LogP contribution < -0.4 is 0 Å². The standard InChI is InChI=1S/C17H20N2O2/c1-17(10-6-3-7-11-17)15-14(16(20)21)12-18-19(15)13-8-4-2-5-9-13/h2,4-5,8-9,12H,3,6-7,10-11H2,1H3,(H,20,21). The van der Waals surface area contributed by atoms with Crippen LogP contribution in [-0.4, -0.2) is 20.9 Å². The highest BCUT2D eigenvalue weighted by molar-refractivity contribution is 5.89. The van der Waals surface area contributed by atoms with Gasteiger partial charge < -0.3 is 5.11 Å². The molecule has 110 valence electrons. The summed E-state index contributed by atoms with van der Waals surface area (Å²) < 4.78 is 1.81. The number of aromatic carboxylic acids is 1. The van der Waals surface area contributed by atoms with E-state index in [9.17, 15) is 9.90 Å². The lowest BCUT2D eigenvalue weighted by Gasteiger charge is -2.34. The Morgan fingerprint density at radius 2 is 1.86 bits per heavy atom. The highest BCUT2D eigenvalue weighted by Gasteiger charge is 2.36. The van der Waals surface area contributed by atoms with Gasteiger partial charge in [-0.2, -0.15) is 5.10 Å². The maximum atomic E-state index is 11.6. The van der Waals surface area contributed by atoms with Crippen molar-refractivity contribution in [3.05, 3.63) is 47.8 Å². The molecule has 1 aromatic heterocycles.